The van der Waals surface area contributed by atoms with Crippen LogP contribution in [0.2, 0.25) is 0 Å². The van der Waals surface area contributed by atoms with Gasteiger partial charge in [-0.25, -0.2) is 0 Å². The Morgan fingerprint density at radius 1 is 1.22 bits per heavy atom. The zero-order chi connectivity index (χ0) is 16.8. The first-order chi connectivity index (χ1) is 10.0. The standard InChI is InChI=1S/C14H15F3N4S.CH4/c1-6-5-9(14(15,16)17)8(3)19-10(6)11-7(2)12(13(18)22)21(4)20-11;/h5H,1-4H3,(H2,18,22);1H4. The van der Waals surface area contributed by atoms with Crippen molar-refractivity contribution in [3.05, 3.63) is 34.1 Å². The van der Waals surface area contributed by atoms with E-state index in [0.717, 1.165) is 6.07 Å². The molecule has 0 aliphatic carbocycles. The van der Waals surface area contributed by atoms with Crippen LogP contribution in [-0.4, -0.2) is 19.8 Å². The Morgan fingerprint density at radius 2 is 1.78 bits per heavy atom. The second-order valence-corrected chi connectivity index (χ2v) is 5.53. The number of pyridine rings is 1. The van der Waals surface area contributed by atoms with E-state index >= 15 is 0 Å². The summed E-state index contributed by atoms with van der Waals surface area (Å²) in [7, 11) is 1.68. The molecule has 0 radical (unpaired) electrons. The molecule has 0 atom stereocenters. The molecule has 8 heteroatoms. The number of aryl methyl sites for hydroxylation is 3. The van der Waals surface area contributed by atoms with Crippen molar-refractivity contribution in [3.8, 4) is 11.4 Å². The summed E-state index contributed by atoms with van der Waals surface area (Å²) in [5.74, 6) is 0. The van der Waals surface area contributed by atoms with Crippen molar-refractivity contribution in [1.82, 2.24) is 14.8 Å². The minimum absolute atomic E-state index is 0. The van der Waals surface area contributed by atoms with Crippen LogP contribution in [0.1, 0.15) is 35.5 Å². The molecule has 2 heterocycles. The van der Waals surface area contributed by atoms with Crippen LogP contribution in [0.5, 0.6) is 0 Å². The Bertz CT molecular complexity index is 763. The number of aromatic nitrogens is 3. The van der Waals surface area contributed by atoms with E-state index in [2.05, 4.69) is 10.1 Å². The summed E-state index contributed by atoms with van der Waals surface area (Å²) in [6.45, 7) is 4.68. The zero-order valence-corrected chi connectivity index (χ0v) is 13.4. The largest absolute Gasteiger partial charge is 0.418 e. The fourth-order valence-electron chi connectivity index (χ4n) is 2.43. The molecule has 2 aromatic heterocycles. The van der Waals surface area contributed by atoms with Crippen molar-refractivity contribution in [2.45, 2.75) is 34.4 Å². The summed E-state index contributed by atoms with van der Waals surface area (Å²) in [5.41, 5.74) is 7.39. The van der Waals surface area contributed by atoms with Gasteiger partial charge < -0.3 is 5.73 Å². The van der Waals surface area contributed by atoms with Gasteiger partial charge in [0.15, 0.2) is 0 Å². The Morgan fingerprint density at radius 3 is 2.22 bits per heavy atom. The van der Waals surface area contributed by atoms with Crippen LogP contribution < -0.4 is 5.73 Å². The van der Waals surface area contributed by atoms with E-state index in [-0.39, 0.29) is 18.1 Å². The highest BCUT2D eigenvalue weighted by atomic mass is 32.1. The zero-order valence-electron chi connectivity index (χ0n) is 12.5. The summed E-state index contributed by atoms with van der Waals surface area (Å²) in [6, 6.07) is 1.09. The highest BCUT2D eigenvalue weighted by molar-refractivity contribution is 7.80. The van der Waals surface area contributed by atoms with Gasteiger partial charge >= 0.3 is 6.18 Å². The number of nitrogens with zero attached hydrogens (tertiary/aromatic N) is 3. The number of hydrogen-bond donors (Lipinski definition) is 1. The molecule has 0 aliphatic heterocycles. The molecule has 126 valence electrons. The van der Waals surface area contributed by atoms with Gasteiger partial charge in [-0.1, -0.05) is 19.6 Å². The van der Waals surface area contributed by atoms with Gasteiger partial charge in [-0.05, 0) is 32.4 Å². The molecule has 4 nitrogen and oxygen atoms in total. The first kappa shape index (κ1) is 19.1. The van der Waals surface area contributed by atoms with E-state index in [0.29, 0.717) is 28.2 Å². The van der Waals surface area contributed by atoms with Gasteiger partial charge in [-0.2, -0.15) is 18.3 Å². The Balaban J connectivity index is 0.00000264. The molecule has 0 aromatic carbocycles. The van der Waals surface area contributed by atoms with E-state index in [4.69, 9.17) is 18.0 Å². The average Bonchev–Trinajstić information content (AvgIpc) is 2.65. The normalized spacial score (nSPS) is 11.3. The van der Waals surface area contributed by atoms with Crippen molar-refractivity contribution in [2.75, 3.05) is 0 Å². The fourth-order valence-corrected chi connectivity index (χ4v) is 2.72. The van der Waals surface area contributed by atoms with Gasteiger partial charge in [-0.3, -0.25) is 9.67 Å². The van der Waals surface area contributed by atoms with Gasteiger partial charge in [0.1, 0.15) is 10.7 Å². The van der Waals surface area contributed by atoms with Gasteiger partial charge in [0, 0.05) is 12.6 Å². The predicted molar refractivity (Wildman–Crippen MR) is 88.3 cm³/mol. The number of rotatable bonds is 2. The number of hydrogen-bond acceptors (Lipinski definition) is 3. The number of nitrogens with two attached hydrogens (primary N) is 1. The molecule has 23 heavy (non-hydrogen) atoms. The SMILES string of the molecule is C.Cc1cc(C(F)(F)F)c(C)nc1-c1nn(C)c(C(N)=S)c1C. The monoisotopic (exact) mass is 344 g/mol. The van der Waals surface area contributed by atoms with Gasteiger partial charge in [-0.15, -0.1) is 0 Å². The molecule has 0 aliphatic rings. The van der Waals surface area contributed by atoms with Crippen LogP contribution in [0, 0.1) is 20.8 Å². The maximum Gasteiger partial charge on any atom is 0.418 e. The lowest BCUT2D eigenvalue weighted by molar-refractivity contribution is -0.138. The molecular weight excluding hydrogens is 325 g/mol. The van der Waals surface area contributed by atoms with Crippen LogP contribution in [0.4, 0.5) is 13.2 Å². The van der Waals surface area contributed by atoms with Crippen molar-refractivity contribution in [2.24, 2.45) is 12.8 Å². The van der Waals surface area contributed by atoms with Crippen molar-refractivity contribution in [3.63, 3.8) is 0 Å². The molecule has 0 amide bonds. The van der Waals surface area contributed by atoms with E-state index < -0.39 is 11.7 Å². The first-order valence-corrected chi connectivity index (χ1v) is 6.84. The van der Waals surface area contributed by atoms with Crippen LogP contribution in [0.3, 0.4) is 0 Å². The lowest BCUT2D eigenvalue weighted by atomic mass is 10.0. The predicted octanol–water partition coefficient (Wildman–Crippen LogP) is 3.70. The smallest absolute Gasteiger partial charge is 0.388 e. The van der Waals surface area contributed by atoms with Crippen LogP contribution in [0.15, 0.2) is 6.07 Å². The Labute approximate surface area is 138 Å². The highest BCUT2D eigenvalue weighted by Gasteiger charge is 2.34. The van der Waals surface area contributed by atoms with Gasteiger partial charge in [0.2, 0.25) is 0 Å². The summed E-state index contributed by atoms with van der Waals surface area (Å²) in [6.07, 6.45) is -4.43. The summed E-state index contributed by atoms with van der Waals surface area (Å²) >= 11 is 4.98. The first-order valence-electron chi connectivity index (χ1n) is 6.43. The van der Waals surface area contributed by atoms with Crippen molar-refractivity contribution < 1.29 is 13.2 Å². The van der Waals surface area contributed by atoms with E-state index in [9.17, 15) is 13.2 Å². The van der Waals surface area contributed by atoms with Crippen LogP contribution in [-0.2, 0) is 13.2 Å². The molecule has 0 bridgehead atoms. The number of halogens is 3. The van der Waals surface area contributed by atoms with Crippen molar-refractivity contribution >= 4 is 17.2 Å². The molecule has 0 spiro atoms. The summed E-state index contributed by atoms with van der Waals surface area (Å²) < 4.78 is 40.3. The molecule has 0 saturated heterocycles. The van der Waals surface area contributed by atoms with Gasteiger partial charge in [0.05, 0.1) is 22.6 Å². The van der Waals surface area contributed by atoms with E-state index in [1.54, 1.807) is 20.9 Å². The maximum absolute atomic E-state index is 12.9. The van der Waals surface area contributed by atoms with Crippen molar-refractivity contribution in [1.29, 1.82) is 0 Å². The fraction of sp³-hybridized carbons (Fsp3) is 0.400. The minimum atomic E-state index is -4.43. The summed E-state index contributed by atoms with van der Waals surface area (Å²) in [5, 5.41) is 4.30. The number of alkyl halides is 3. The third-order valence-electron chi connectivity index (χ3n) is 3.45. The van der Waals surface area contributed by atoms with Crippen LogP contribution >= 0.6 is 12.2 Å². The van der Waals surface area contributed by atoms with Gasteiger partial charge in [0.25, 0.3) is 0 Å². The molecule has 2 N–H and O–H groups in total. The molecule has 2 rings (SSSR count). The minimum Gasteiger partial charge on any atom is -0.388 e. The third-order valence-corrected chi connectivity index (χ3v) is 3.64. The summed E-state index contributed by atoms with van der Waals surface area (Å²) in [4.78, 5) is 4.28. The second-order valence-electron chi connectivity index (χ2n) is 5.09. The van der Waals surface area contributed by atoms with E-state index in [1.807, 2.05) is 0 Å². The highest BCUT2D eigenvalue weighted by Crippen LogP contribution is 2.34. The second kappa shape index (κ2) is 6.27. The van der Waals surface area contributed by atoms with E-state index in [1.165, 1.54) is 11.6 Å². The average molecular weight is 344 g/mol. The molecule has 0 fully saturated rings. The Hall–Kier alpha value is -1.96. The van der Waals surface area contributed by atoms with Crippen LogP contribution in [0.25, 0.3) is 11.4 Å². The number of thiocarbonyl (C=S) groups is 1. The quantitative estimate of drug-likeness (QED) is 0.844. The Kier molecular flexibility index (Phi) is 5.20. The third kappa shape index (κ3) is 3.36. The lowest BCUT2D eigenvalue weighted by Crippen LogP contribution is -2.15. The molecule has 2 aromatic rings. The molecular formula is C15H19F3N4S. The molecule has 0 saturated carbocycles. The topological polar surface area (TPSA) is 56.7 Å². The lowest BCUT2D eigenvalue weighted by Gasteiger charge is -2.13. The maximum atomic E-state index is 12.9. The molecule has 0 unspecified atom stereocenters.